The third-order valence-corrected chi connectivity index (χ3v) is 3.99. The predicted octanol–water partition coefficient (Wildman–Crippen LogP) is 3.66. The van der Waals surface area contributed by atoms with Crippen LogP contribution in [-0.4, -0.2) is 23.0 Å². The summed E-state index contributed by atoms with van der Waals surface area (Å²) in [7, 11) is 0. The minimum Gasteiger partial charge on any atom is -0.484 e. The molecule has 1 N–H and O–H groups in total. The van der Waals surface area contributed by atoms with Crippen molar-refractivity contribution >= 4 is 22.6 Å². The molecular formula is C21H20N2O6. The third kappa shape index (κ3) is 4.98. The van der Waals surface area contributed by atoms with E-state index in [0.29, 0.717) is 27.8 Å². The maximum absolute atomic E-state index is 12.0. The van der Waals surface area contributed by atoms with Gasteiger partial charge in [-0.2, -0.15) is 0 Å². The first-order valence-corrected chi connectivity index (χ1v) is 8.89. The van der Waals surface area contributed by atoms with Crippen LogP contribution in [0.3, 0.4) is 0 Å². The largest absolute Gasteiger partial charge is 0.484 e. The molecule has 0 spiro atoms. The van der Waals surface area contributed by atoms with Gasteiger partial charge in [-0.05, 0) is 56.2 Å². The van der Waals surface area contributed by atoms with Gasteiger partial charge in [0, 0.05) is 35.2 Å². The monoisotopic (exact) mass is 396 g/mol. The Kier molecular flexibility index (Phi) is 5.36. The molecule has 0 aliphatic carbocycles. The van der Waals surface area contributed by atoms with E-state index in [4.69, 9.17) is 9.15 Å². The minimum atomic E-state index is -0.562. The zero-order valence-corrected chi connectivity index (χ0v) is 16.2. The van der Waals surface area contributed by atoms with Crippen LogP contribution in [0.5, 0.6) is 5.75 Å². The van der Waals surface area contributed by atoms with Crippen LogP contribution in [0.25, 0.3) is 22.1 Å². The average Bonchev–Trinajstić information content (AvgIpc) is 2.64. The van der Waals surface area contributed by atoms with Crippen LogP contribution < -0.4 is 15.7 Å². The Hall–Kier alpha value is -3.68. The van der Waals surface area contributed by atoms with Gasteiger partial charge >= 0.3 is 5.63 Å². The molecule has 8 nitrogen and oxygen atoms in total. The van der Waals surface area contributed by atoms with Crippen LogP contribution in [0.15, 0.2) is 57.7 Å². The van der Waals surface area contributed by atoms with E-state index >= 15 is 0 Å². The fraction of sp³-hybridized carbons (Fsp3) is 0.238. The topological polar surface area (TPSA) is 112 Å². The number of amides is 1. The van der Waals surface area contributed by atoms with Crippen molar-refractivity contribution in [1.29, 1.82) is 0 Å². The molecule has 1 aromatic heterocycles. The third-order valence-electron chi connectivity index (χ3n) is 3.99. The van der Waals surface area contributed by atoms with E-state index in [1.165, 1.54) is 24.3 Å². The zero-order chi connectivity index (χ0) is 21.2. The first-order valence-electron chi connectivity index (χ1n) is 8.89. The fourth-order valence-corrected chi connectivity index (χ4v) is 2.84. The fourth-order valence-electron chi connectivity index (χ4n) is 2.84. The molecule has 1 amide bonds. The molecule has 8 heteroatoms. The molecule has 0 fully saturated rings. The Morgan fingerprint density at radius 2 is 1.83 bits per heavy atom. The quantitative estimate of drug-likeness (QED) is 0.400. The number of non-ortho nitro benzene ring substituents is 1. The second-order valence-electron chi connectivity index (χ2n) is 7.53. The minimum absolute atomic E-state index is 0.0368. The van der Waals surface area contributed by atoms with Gasteiger partial charge < -0.3 is 14.5 Å². The van der Waals surface area contributed by atoms with Gasteiger partial charge in [0.2, 0.25) is 0 Å². The highest BCUT2D eigenvalue weighted by Gasteiger charge is 2.15. The molecule has 0 saturated carbocycles. The lowest BCUT2D eigenvalue weighted by atomic mass is 10.0. The molecule has 3 rings (SSSR count). The van der Waals surface area contributed by atoms with Crippen molar-refractivity contribution in [2.24, 2.45) is 0 Å². The van der Waals surface area contributed by atoms with Crippen molar-refractivity contribution in [3.05, 3.63) is 69.1 Å². The molecule has 0 saturated heterocycles. The molecule has 3 aromatic rings. The van der Waals surface area contributed by atoms with Crippen LogP contribution in [-0.2, 0) is 4.79 Å². The number of hydrogen-bond acceptors (Lipinski definition) is 6. The molecule has 0 aliphatic rings. The van der Waals surface area contributed by atoms with Crippen molar-refractivity contribution in [3.63, 3.8) is 0 Å². The Morgan fingerprint density at radius 1 is 1.14 bits per heavy atom. The summed E-state index contributed by atoms with van der Waals surface area (Å²) in [5.41, 5.74) is 0.559. The number of benzene rings is 2. The van der Waals surface area contributed by atoms with Crippen molar-refractivity contribution in [3.8, 4) is 16.9 Å². The summed E-state index contributed by atoms with van der Waals surface area (Å²) in [5, 5.41) is 14.3. The van der Waals surface area contributed by atoms with E-state index in [9.17, 15) is 19.7 Å². The number of rotatable bonds is 5. The first kappa shape index (κ1) is 20.1. The number of fused-ring (bicyclic) bond motifs is 1. The number of nitro groups is 1. The molecule has 2 aromatic carbocycles. The van der Waals surface area contributed by atoms with E-state index < -0.39 is 10.5 Å². The highest BCUT2D eigenvalue weighted by atomic mass is 16.6. The lowest BCUT2D eigenvalue weighted by Gasteiger charge is -2.20. The van der Waals surface area contributed by atoms with Gasteiger partial charge in [-0.3, -0.25) is 14.9 Å². The highest BCUT2D eigenvalue weighted by Crippen LogP contribution is 2.30. The predicted molar refractivity (Wildman–Crippen MR) is 108 cm³/mol. The number of nitro benzene ring substituents is 1. The summed E-state index contributed by atoms with van der Waals surface area (Å²) in [6.45, 7) is 5.44. The number of ether oxygens (including phenoxy) is 1. The Labute approximate surface area is 166 Å². The zero-order valence-electron chi connectivity index (χ0n) is 16.2. The Morgan fingerprint density at radius 3 is 2.45 bits per heavy atom. The Bertz CT molecular complexity index is 1130. The molecule has 0 bridgehead atoms. The van der Waals surface area contributed by atoms with Gasteiger partial charge in [0.15, 0.2) is 6.61 Å². The lowest BCUT2D eigenvalue weighted by molar-refractivity contribution is -0.384. The summed E-state index contributed by atoms with van der Waals surface area (Å²) in [6, 6.07) is 12.2. The molecule has 29 heavy (non-hydrogen) atoms. The van der Waals surface area contributed by atoms with E-state index in [0.717, 1.165) is 0 Å². The van der Waals surface area contributed by atoms with Crippen molar-refractivity contribution in [1.82, 2.24) is 5.32 Å². The summed E-state index contributed by atoms with van der Waals surface area (Å²) >= 11 is 0. The van der Waals surface area contributed by atoms with Crippen LogP contribution in [0.2, 0.25) is 0 Å². The van der Waals surface area contributed by atoms with Crippen LogP contribution >= 0.6 is 0 Å². The summed E-state index contributed by atoms with van der Waals surface area (Å²) < 4.78 is 10.8. The SMILES string of the molecule is CC(C)(C)NC(=O)COc1ccc2c(-c3ccc([N+](=O)[O-])cc3)cc(=O)oc2c1. The number of hydrogen-bond donors (Lipinski definition) is 1. The van der Waals surface area contributed by atoms with Gasteiger partial charge in [0.05, 0.1) is 4.92 Å². The van der Waals surface area contributed by atoms with Crippen LogP contribution in [0.4, 0.5) is 5.69 Å². The molecule has 0 radical (unpaired) electrons. The smallest absolute Gasteiger partial charge is 0.336 e. The van der Waals surface area contributed by atoms with Crippen molar-refractivity contribution < 1.29 is 18.9 Å². The highest BCUT2D eigenvalue weighted by molar-refractivity contribution is 5.94. The molecular weight excluding hydrogens is 376 g/mol. The van der Waals surface area contributed by atoms with E-state index in [-0.39, 0.29) is 23.7 Å². The molecule has 150 valence electrons. The summed E-state index contributed by atoms with van der Waals surface area (Å²) in [5.74, 6) is 0.115. The van der Waals surface area contributed by atoms with Crippen molar-refractivity contribution in [2.45, 2.75) is 26.3 Å². The van der Waals surface area contributed by atoms with Gasteiger partial charge in [-0.1, -0.05) is 0 Å². The second kappa shape index (κ2) is 7.75. The normalized spacial score (nSPS) is 11.3. The molecule has 1 heterocycles. The standard InChI is InChI=1S/C21H20N2O6/c1-21(2,3)22-19(24)12-28-15-8-9-16-17(11-20(25)29-18(16)10-15)13-4-6-14(7-5-13)23(26)27/h4-11H,12H2,1-3H3,(H,22,24). The molecule has 0 atom stereocenters. The number of carbonyl (C=O) groups excluding carboxylic acids is 1. The van der Waals surface area contributed by atoms with E-state index in [1.54, 1.807) is 24.3 Å². The summed E-state index contributed by atoms with van der Waals surface area (Å²) in [6.07, 6.45) is 0. The van der Waals surface area contributed by atoms with Crippen LogP contribution in [0.1, 0.15) is 20.8 Å². The van der Waals surface area contributed by atoms with Gasteiger partial charge in [0.25, 0.3) is 11.6 Å². The summed E-state index contributed by atoms with van der Waals surface area (Å²) in [4.78, 5) is 34.3. The maximum Gasteiger partial charge on any atom is 0.336 e. The number of nitrogens with one attached hydrogen (secondary N) is 1. The van der Waals surface area contributed by atoms with Crippen LogP contribution in [0, 0.1) is 10.1 Å². The van der Waals surface area contributed by atoms with E-state index in [2.05, 4.69) is 5.32 Å². The first-order chi connectivity index (χ1) is 13.6. The molecule has 0 unspecified atom stereocenters. The number of nitrogens with zero attached hydrogens (tertiary/aromatic N) is 1. The second-order valence-corrected chi connectivity index (χ2v) is 7.53. The maximum atomic E-state index is 12.0. The van der Waals surface area contributed by atoms with Gasteiger partial charge in [0.1, 0.15) is 11.3 Å². The lowest BCUT2D eigenvalue weighted by Crippen LogP contribution is -2.43. The Balaban J connectivity index is 1.89. The van der Waals surface area contributed by atoms with Gasteiger partial charge in [-0.25, -0.2) is 4.79 Å². The average molecular weight is 396 g/mol. The molecule has 0 aliphatic heterocycles. The van der Waals surface area contributed by atoms with Gasteiger partial charge in [-0.15, -0.1) is 0 Å². The van der Waals surface area contributed by atoms with Crippen molar-refractivity contribution in [2.75, 3.05) is 6.61 Å². The van der Waals surface area contributed by atoms with E-state index in [1.807, 2.05) is 20.8 Å². The number of carbonyl (C=O) groups is 1.